The molecule has 0 aliphatic carbocycles. The predicted octanol–water partition coefficient (Wildman–Crippen LogP) is -1.92. The van der Waals surface area contributed by atoms with E-state index >= 15 is 0 Å². The molecule has 2 rings (SSSR count). The zero-order valence-corrected chi connectivity index (χ0v) is 10.4. The van der Waals surface area contributed by atoms with Crippen LogP contribution in [0.1, 0.15) is 6.42 Å². The van der Waals surface area contributed by atoms with Gasteiger partial charge in [0.15, 0.2) is 0 Å². The zero-order valence-electron chi connectivity index (χ0n) is 10.4. The van der Waals surface area contributed by atoms with Gasteiger partial charge in [-0.25, -0.2) is 4.68 Å². The van der Waals surface area contributed by atoms with Gasteiger partial charge < -0.3 is 15.5 Å². The number of carbonyl (C=O) groups is 1. The van der Waals surface area contributed by atoms with Gasteiger partial charge in [-0.1, -0.05) is 0 Å². The summed E-state index contributed by atoms with van der Waals surface area (Å²) >= 11 is 0. The average molecular weight is 253 g/mol. The van der Waals surface area contributed by atoms with Gasteiger partial charge in [0.25, 0.3) is 0 Å². The Kier molecular flexibility index (Phi) is 5.03. The maximum Gasteiger partial charge on any atom is 0.241 e. The first-order chi connectivity index (χ1) is 8.84. The molecule has 0 atom stereocenters. The van der Waals surface area contributed by atoms with Gasteiger partial charge in [-0.3, -0.25) is 4.79 Å². The number of hydrogen-bond acceptors (Lipinski definition) is 6. The van der Waals surface area contributed by atoms with Crippen LogP contribution in [0.3, 0.4) is 0 Å². The molecule has 100 valence electrons. The van der Waals surface area contributed by atoms with E-state index in [1.807, 2.05) is 0 Å². The summed E-state index contributed by atoms with van der Waals surface area (Å²) < 4.78 is 1.41. The van der Waals surface area contributed by atoms with E-state index in [-0.39, 0.29) is 12.5 Å². The minimum Gasteiger partial charge on any atom is -0.354 e. The highest BCUT2D eigenvalue weighted by atomic mass is 16.2. The van der Waals surface area contributed by atoms with Crippen molar-refractivity contribution in [2.75, 3.05) is 39.3 Å². The summed E-state index contributed by atoms with van der Waals surface area (Å²) in [6.07, 6.45) is 2.40. The summed E-state index contributed by atoms with van der Waals surface area (Å²) in [4.78, 5) is 13.9. The average Bonchev–Trinajstić information content (AvgIpc) is 2.89. The Morgan fingerprint density at radius 1 is 1.39 bits per heavy atom. The molecule has 2 heterocycles. The van der Waals surface area contributed by atoms with Gasteiger partial charge in [-0.05, 0) is 23.4 Å². The van der Waals surface area contributed by atoms with E-state index in [1.165, 1.54) is 11.0 Å². The Bertz CT molecular complexity index is 347. The second-order valence-corrected chi connectivity index (χ2v) is 4.30. The monoisotopic (exact) mass is 253 g/mol. The number of nitrogens with zero attached hydrogens (tertiary/aromatic N) is 5. The number of nitrogens with one attached hydrogen (secondary N) is 2. The summed E-state index contributed by atoms with van der Waals surface area (Å²) in [6.45, 7) is 6.23. The fourth-order valence-electron chi connectivity index (χ4n) is 1.92. The quantitative estimate of drug-likeness (QED) is 0.575. The smallest absolute Gasteiger partial charge is 0.241 e. The van der Waals surface area contributed by atoms with E-state index in [2.05, 4.69) is 31.1 Å². The maximum atomic E-state index is 11.5. The van der Waals surface area contributed by atoms with Gasteiger partial charge in [0.1, 0.15) is 12.9 Å². The third-order valence-corrected chi connectivity index (χ3v) is 2.88. The Morgan fingerprint density at radius 3 is 2.94 bits per heavy atom. The van der Waals surface area contributed by atoms with Gasteiger partial charge in [-0.15, -0.1) is 5.10 Å². The van der Waals surface area contributed by atoms with Crippen LogP contribution in [0.15, 0.2) is 6.33 Å². The fraction of sp³-hybridized carbons (Fsp3) is 0.800. The predicted molar refractivity (Wildman–Crippen MR) is 64.8 cm³/mol. The van der Waals surface area contributed by atoms with E-state index in [1.54, 1.807) is 0 Å². The highest BCUT2D eigenvalue weighted by Crippen LogP contribution is 1.93. The molecule has 0 radical (unpaired) electrons. The lowest BCUT2D eigenvalue weighted by atomic mass is 10.3. The van der Waals surface area contributed by atoms with E-state index in [0.717, 1.165) is 39.1 Å². The molecule has 1 fully saturated rings. The molecule has 1 aromatic rings. The van der Waals surface area contributed by atoms with E-state index < -0.39 is 0 Å². The van der Waals surface area contributed by atoms with Crippen molar-refractivity contribution in [3.8, 4) is 0 Å². The number of hydrogen-bond donors (Lipinski definition) is 2. The van der Waals surface area contributed by atoms with Crippen LogP contribution in [0.5, 0.6) is 0 Å². The largest absolute Gasteiger partial charge is 0.354 e. The summed E-state index contributed by atoms with van der Waals surface area (Å²) in [5.74, 6) is -0.0531. The van der Waals surface area contributed by atoms with Crippen LogP contribution in [0.4, 0.5) is 0 Å². The highest BCUT2D eigenvalue weighted by Gasteiger charge is 2.08. The third-order valence-electron chi connectivity index (χ3n) is 2.88. The maximum absolute atomic E-state index is 11.5. The molecule has 1 saturated heterocycles. The molecule has 0 saturated carbocycles. The number of piperazine rings is 1. The summed E-state index contributed by atoms with van der Waals surface area (Å²) in [5.41, 5.74) is 0. The molecule has 8 heteroatoms. The number of tetrazole rings is 1. The summed E-state index contributed by atoms with van der Waals surface area (Å²) in [7, 11) is 0. The molecule has 18 heavy (non-hydrogen) atoms. The van der Waals surface area contributed by atoms with Crippen LogP contribution in [-0.2, 0) is 11.3 Å². The molecule has 1 amide bonds. The van der Waals surface area contributed by atoms with Crippen molar-refractivity contribution >= 4 is 5.91 Å². The summed E-state index contributed by atoms with van der Waals surface area (Å²) in [5, 5.41) is 16.8. The molecule has 1 aromatic heterocycles. The molecule has 0 unspecified atom stereocenters. The van der Waals surface area contributed by atoms with Crippen LogP contribution < -0.4 is 10.6 Å². The Balaban J connectivity index is 1.53. The lowest BCUT2D eigenvalue weighted by Crippen LogP contribution is -2.44. The molecule has 1 aliphatic rings. The first kappa shape index (κ1) is 12.9. The first-order valence-electron chi connectivity index (χ1n) is 6.25. The van der Waals surface area contributed by atoms with Crippen molar-refractivity contribution in [1.29, 1.82) is 0 Å². The molecular weight excluding hydrogens is 234 g/mol. The third kappa shape index (κ3) is 4.38. The van der Waals surface area contributed by atoms with Crippen molar-refractivity contribution in [3.63, 3.8) is 0 Å². The Labute approximate surface area is 106 Å². The zero-order chi connectivity index (χ0) is 12.6. The normalized spacial score (nSPS) is 16.7. The topological polar surface area (TPSA) is 88.0 Å². The number of aromatic nitrogens is 4. The van der Waals surface area contributed by atoms with Crippen molar-refractivity contribution < 1.29 is 4.79 Å². The van der Waals surface area contributed by atoms with Crippen LogP contribution in [0, 0.1) is 0 Å². The van der Waals surface area contributed by atoms with Crippen molar-refractivity contribution in [2.45, 2.75) is 13.0 Å². The van der Waals surface area contributed by atoms with E-state index in [4.69, 9.17) is 0 Å². The second-order valence-electron chi connectivity index (χ2n) is 4.30. The highest BCUT2D eigenvalue weighted by molar-refractivity contribution is 5.75. The Hall–Kier alpha value is -1.54. The van der Waals surface area contributed by atoms with Gasteiger partial charge in [-0.2, -0.15) is 0 Å². The molecule has 0 aromatic carbocycles. The first-order valence-corrected chi connectivity index (χ1v) is 6.25. The van der Waals surface area contributed by atoms with E-state index in [9.17, 15) is 4.79 Å². The van der Waals surface area contributed by atoms with Crippen molar-refractivity contribution in [1.82, 2.24) is 35.7 Å². The molecule has 0 bridgehead atoms. The molecule has 1 aliphatic heterocycles. The SMILES string of the molecule is O=C(Cn1cnnn1)NCCCN1CCNCC1. The van der Waals surface area contributed by atoms with Crippen molar-refractivity contribution in [2.24, 2.45) is 0 Å². The van der Waals surface area contributed by atoms with Gasteiger partial charge >= 0.3 is 0 Å². The minimum atomic E-state index is -0.0531. The molecule has 8 nitrogen and oxygen atoms in total. The summed E-state index contributed by atoms with van der Waals surface area (Å²) in [6, 6.07) is 0. The lowest BCUT2D eigenvalue weighted by Gasteiger charge is -2.27. The fourth-order valence-corrected chi connectivity index (χ4v) is 1.92. The Morgan fingerprint density at radius 2 is 2.22 bits per heavy atom. The number of amides is 1. The second kappa shape index (κ2) is 7.02. The lowest BCUT2D eigenvalue weighted by molar-refractivity contribution is -0.121. The number of rotatable bonds is 6. The van der Waals surface area contributed by atoms with E-state index in [0.29, 0.717) is 6.54 Å². The molecular formula is C10H19N7O. The number of carbonyl (C=O) groups excluding carboxylic acids is 1. The van der Waals surface area contributed by atoms with Gasteiger partial charge in [0.05, 0.1) is 0 Å². The molecule has 0 spiro atoms. The van der Waals surface area contributed by atoms with Gasteiger partial charge in [0.2, 0.25) is 5.91 Å². The van der Waals surface area contributed by atoms with Gasteiger partial charge in [0, 0.05) is 32.7 Å². The van der Waals surface area contributed by atoms with Crippen molar-refractivity contribution in [3.05, 3.63) is 6.33 Å². The van der Waals surface area contributed by atoms with Crippen LogP contribution >= 0.6 is 0 Å². The standard InChI is InChI=1S/C10H19N7O/c18-10(8-17-9-13-14-15-17)12-2-1-5-16-6-3-11-4-7-16/h9,11H,1-8H2,(H,12,18). The van der Waals surface area contributed by atoms with Crippen LogP contribution in [0.25, 0.3) is 0 Å². The van der Waals surface area contributed by atoms with Crippen LogP contribution in [-0.4, -0.2) is 70.3 Å². The molecule has 2 N–H and O–H groups in total. The van der Waals surface area contributed by atoms with Crippen LogP contribution in [0.2, 0.25) is 0 Å². The minimum absolute atomic E-state index is 0.0531.